The lowest BCUT2D eigenvalue weighted by molar-refractivity contribution is -0.384. The van der Waals surface area contributed by atoms with Crippen LogP contribution in [0.4, 0.5) is 11.4 Å². The van der Waals surface area contributed by atoms with Crippen LogP contribution in [0.3, 0.4) is 0 Å². The summed E-state index contributed by atoms with van der Waals surface area (Å²) in [6, 6.07) is 4.54. The monoisotopic (exact) mass is 286 g/mol. The maximum atomic E-state index is 10.6. The average Bonchev–Trinajstić information content (AvgIpc) is 2.38. The fourth-order valence-electron chi connectivity index (χ4n) is 1.95. The first-order valence-corrected chi connectivity index (χ1v) is 7.39. The molecule has 2 rings (SSSR count). The summed E-state index contributed by atoms with van der Waals surface area (Å²) in [5.74, 6) is 1.22. The van der Waals surface area contributed by atoms with Crippen molar-refractivity contribution in [1.29, 1.82) is 0 Å². The second-order valence-electron chi connectivity index (χ2n) is 4.29. The molecule has 1 unspecified atom stereocenters. The van der Waals surface area contributed by atoms with E-state index in [1.54, 1.807) is 6.07 Å². The highest BCUT2D eigenvalue weighted by molar-refractivity contribution is 7.99. The van der Waals surface area contributed by atoms with Crippen LogP contribution in [0.2, 0.25) is 5.02 Å². The van der Waals surface area contributed by atoms with E-state index in [9.17, 15) is 10.1 Å². The number of benzene rings is 1. The van der Waals surface area contributed by atoms with Gasteiger partial charge in [0.05, 0.1) is 15.6 Å². The van der Waals surface area contributed by atoms with E-state index in [1.807, 2.05) is 11.8 Å². The number of rotatable bonds is 4. The molecule has 0 bridgehead atoms. The van der Waals surface area contributed by atoms with Crippen LogP contribution in [0.1, 0.15) is 19.3 Å². The number of nitro groups is 1. The van der Waals surface area contributed by atoms with Crippen LogP contribution in [0.5, 0.6) is 0 Å². The van der Waals surface area contributed by atoms with Crippen molar-refractivity contribution in [3.63, 3.8) is 0 Å². The fraction of sp³-hybridized carbons (Fsp3) is 0.500. The van der Waals surface area contributed by atoms with Crippen molar-refractivity contribution < 1.29 is 4.92 Å². The largest absolute Gasteiger partial charge is 0.383 e. The maximum absolute atomic E-state index is 10.6. The van der Waals surface area contributed by atoms with E-state index in [2.05, 4.69) is 5.32 Å². The van der Waals surface area contributed by atoms with Crippen LogP contribution in [0.25, 0.3) is 0 Å². The van der Waals surface area contributed by atoms with Crippen molar-refractivity contribution in [1.82, 2.24) is 0 Å². The number of anilines is 1. The molecule has 1 aromatic carbocycles. The Morgan fingerprint density at radius 2 is 2.33 bits per heavy atom. The first-order valence-electron chi connectivity index (χ1n) is 5.96. The van der Waals surface area contributed by atoms with Gasteiger partial charge in [0.2, 0.25) is 0 Å². The van der Waals surface area contributed by atoms with E-state index >= 15 is 0 Å². The van der Waals surface area contributed by atoms with Gasteiger partial charge in [0.25, 0.3) is 5.69 Å². The number of halogens is 1. The third-order valence-corrected chi connectivity index (χ3v) is 4.67. The Kier molecular flexibility index (Phi) is 4.72. The van der Waals surface area contributed by atoms with Gasteiger partial charge in [0.1, 0.15) is 0 Å². The molecule has 1 atom stereocenters. The number of hydrogen-bond acceptors (Lipinski definition) is 4. The summed E-state index contributed by atoms with van der Waals surface area (Å²) in [4.78, 5) is 10.2. The van der Waals surface area contributed by atoms with Crippen molar-refractivity contribution in [2.24, 2.45) is 0 Å². The SMILES string of the molecule is O=[N+]([O-])c1ccc(NCC2CCCCS2)c(Cl)c1. The zero-order chi connectivity index (χ0) is 13.0. The molecule has 1 N–H and O–H groups in total. The molecule has 98 valence electrons. The topological polar surface area (TPSA) is 55.2 Å². The first-order chi connectivity index (χ1) is 8.66. The van der Waals surface area contributed by atoms with Crippen LogP contribution in [-0.2, 0) is 0 Å². The van der Waals surface area contributed by atoms with Crippen molar-refractivity contribution in [2.75, 3.05) is 17.6 Å². The van der Waals surface area contributed by atoms with Gasteiger partial charge >= 0.3 is 0 Å². The molecule has 6 heteroatoms. The Hall–Kier alpha value is -0.940. The molecule has 1 aromatic rings. The van der Waals surface area contributed by atoms with Crippen LogP contribution in [-0.4, -0.2) is 22.5 Å². The molecule has 1 saturated heterocycles. The third-order valence-electron chi connectivity index (χ3n) is 2.96. The highest BCUT2D eigenvalue weighted by Gasteiger charge is 2.15. The Morgan fingerprint density at radius 1 is 1.50 bits per heavy atom. The minimum Gasteiger partial charge on any atom is -0.383 e. The lowest BCUT2D eigenvalue weighted by Crippen LogP contribution is -2.20. The van der Waals surface area contributed by atoms with Gasteiger partial charge < -0.3 is 5.32 Å². The summed E-state index contributed by atoms with van der Waals surface area (Å²) in [6.45, 7) is 0.863. The van der Waals surface area contributed by atoms with E-state index in [4.69, 9.17) is 11.6 Å². The van der Waals surface area contributed by atoms with Gasteiger partial charge in [-0.1, -0.05) is 18.0 Å². The second kappa shape index (κ2) is 6.29. The number of nitrogens with zero attached hydrogens (tertiary/aromatic N) is 1. The smallest absolute Gasteiger partial charge is 0.271 e. The fourth-order valence-corrected chi connectivity index (χ4v) is 3.43. The molecule has 18 heavy (non-hydrogen) atoms. The molecule has 1 aliphatic rings. The minimum atomic E-state index is -0.438. The van der Waals surface area contributed by atoms with Crippen LogP contribution < -0.4 is 5.32 Å². The summed E-state index contributed by atoms with van der Waals surface area (Å²) in [6.07, 6.45) is 3.81. The molecule has 1 fully saturated rings. The van der Waals surface area contributed by atoms with Gasteiger partial charge in [0, 0.05) is 23.9 Å². The zero-order valence-corrected chi connectivity index (χ0v) is 11.5. The van der Waals surface area contributed by atoms with Crippen molar-refractivity contribution in [3.05, 3.63) is 33.3 Å². The normalized spacial score (nSPS) is 19.5. The Bertz CT molecular complexity index is 436. The summed E-state index contributed by atoms with van der Waals surface area (Å²) in [7, 11) is 0. The summed E-state index contributed by atoms with van der Waals surface area (Å²) >= 11 is 8.00. The summed E-state index contributed by atoms with van der Waals surface area (Å²) < 4.78 is 0. The number of hydrogen-bond donors (Lipinski definition) is 1. The molecule has 4 nitrogen and oxygen atoms in total. The zero-order valence-electron chi connectivity index (χ0n) is 9.89. The van der Waals surface area contributed by atoms with E-state index in [0.717, 1.165) is 12.2 Å². The van der Waals surface area contributed by atoms with E-state index in [1.165, 1.54) is 37.1 Å². The molecular formula is C12H15ClN2O2S. The van der Waals surface area contributed by atoms with Crippen LogP contribution in [0.15, 0.2) is 18.2 Å². The molecule has 0 aliphatic carbocycles. The van der Waals surface area contributed by atoms with Gasteiger partial charge in [-0.05, 0) is 24.7 Å². The van der Waals surface area contributed by atoms with Gasteiger partial charge in [-0.3, -0.25) is 10.1 Å². The second-order valence-corrected chi connectivity index (χ2v) is 6.11. The molecule has 0 aromatic heterocycles. The Morgan fingerprint density at radius 3 is 2.94 bits per heavy atom. The Labute approximate surface area is 115 Å². The quantitative estimate of drug-likeness (QED) is 0.673. The van der Waals surface area contributed by atoms with E-state index < -0.39 is 4.92 Å². The number of nitrogens with one attached hydrogen (secondary N) is 1. The molecule has 1 heterocycles. The lowest BCUT2D eigenvalue weighted by atomic mass is 10.2. The lowest BCUT2D eigenvalue weighted by Gasteiger charge is -2.22. The minimum absolute atomic E-state index is 0.0255. The predicted octanol–water partition coefficient (Wildman–Crippen LogP) is 3.95. The summed E-state index contributed by atoms with van der Waals surface area (Å²) in [5, 5.41) is 14.9. The maximum Gasteiger partial charge on any atom is 0.271 e. The molecular weight excluding hydrogens is 272 g/mol. The van der Waals surface area contributed by atoms with Crippen molar-refractivity contribution in [2.45, 2.75) is 24.5 Å². The number of thioether (sulfide) groups is 1. The van der Waals surface area contributed by atoms with Crippen LogP contribution in [0, 0.1) is 10.1 Å². The highest BCUT2D eigenvalue weighted by atomic mass is 35.5. The highest BCUT2D eigenvalue weighted by Crippen LogP contribution is 2.29. The molecule has 0 amide bonds. The predicted molar refractivity (Wildman–Crippen MR) is 76.7 cm³/mol. The van der Waals surface area contributed by atoms with Crippen LogP contribution >= 0.6 is 23.4 Å². The van der Waals surface area contributed by atoms with Gasteiger partial charge in [-0.15, -0.1) is 0 Å². The van der Waals surface area contributed by atoms with E-state index in [0.29, 0.717) is 10.3 Å². The van der Waals surface area contributed by atoms with Gasteiger partial charge in [0.15, 0.2) is 0 Å². The molecule has 1 aliphatic heterocycles. The van der Waals surface area contributed by atoms with Crippen molar-refractivity contribution >= 4 is 34.7 Å². The Balaban J connectivity index is 1.94. The van der Waals surface area contributed by atoms with E-state index in [-0.39, 0.29) is 5.69 Å². The third kappa shape index (κ3) is 3.53. The molecule has 0 radical (unpaired) electrons. The van der Waals surface area contributed by atoms with Gasteiger partial charge in [-0.25, -0.2) is 0 Å². The number of non-ortho nitro benzene ring substituents is 1. The first kappa shape index (κ1) is 13.5. The average molecular weight is 287 g/mol. The number of nitro benzene ring substituents is 1. The van der Waals surface area contributed by atoms with Gasteiger partial charge in [-0.2, -0.15) is 11.8 Å². The summed E-state index contributed by atoms with van der Waals surface area (Å²) in [5.41, 5.74) is 0.797. The molecule has 0 saturated carbocycles. The molecule has 0 spiro atoms. The standard InChI is InChI=1S/C12H15ClN2O2S/c13-11-7-9(15(16)17)4-5-12(11)14-8-10-3-1-2-6-18-10/h4-5,7,10,14H,1-3,6,8H2. The van der Waals surface area contributed by atoms with Crippen molar-refractivity contribution in [3.8, 4) is 0 Å².